The third kappa shape index (κ3) is 2.67. The van der Waals surface area contributed by atoms with Crippen LogP contribution in [0.1, 0.15) is 52.4 Å². The molecular weight excluding hydrogens is 216 g/mol. The largest absolute Gasteiger partial charge is 0.392 e. The Balaban J connectivity index is 1.84. The maximum absolute atomic E-state index is 10.1. The monoisotopic (exact) mass is 242 g/mol. The van der Waals surface area contributed by atoms with Gasteiger partial charge in [-0.25, -0.2) is 0 Å². The van der Waals surface area contributed by atoms with Gasteiger partial charge in [-0.1, -0.05) is 19.3 Å². The van der Waals surface area contributed by atoms with Crippen molar-refractivity contribution < 1.29 is 14.6 Å². The minimum absolute atomic E-state index is 0.0821. The van der Waals surface area contributed by atoms with Crippen molar-refractivity contribution in [2.75, 3.05) is 13.2 Å². The molecule has 0 heterocycles. The highest BCUT2D eigenvalue weighted by Gasteiger charge is 2.55. The minimum atomic E-state index is -0.132. The Morgan fingerprint density at radius 1 is 1.29 bits per heavy atom. The first-order chi connectivity index (χ1) is 8.19. The Kier molecular flexibility index (Phi) is 4.45. The van der Waals surface area contributed by atoms with E-state index in [4.69, 9.17) is 9.47 Å². The molecule has 0 aromatic heterocycles. The van der Waals surface area contributed by atoms with Crippen LogP contribution in [0.3, 0.4) is 0 Å². The van der Waals surface area contributed by atoms with E-state index in [-0.39, 0.29) is 23.7 Å². The average molecular weight is 242 g/mol. The van der Waals surface area contributed by atoms with Gasteiger partial charge in [-0.2, -0.15) is 0 Å². The lowest BCUT2D eigenvalue weighted by molar-refractivity contribution is -0.225. The number of ether oxygens (including phenoxy) is 2. The van der Waals surface area contributed by atoms with Crippen molar-refractivity contribution in [2.24, 2.45) is 5.41 Å². The molecule has 2 saturated carbocycles. The van der Waals surface area contributed by atoms with E-state index in [0.29, 0.717) is 6.61 Å². The topological polar surface area (TPSA) is 38.7 Å². The quantitative estimate of drug-likeness (QED) is 0.805. The van der Waals surface area contributed by atoms with Gasteiger partial charge >= 0.3 is 0 Å². The first-order valence-electron chi connectivity index (χ1n) is 7.10. The van der Waals surface area contributed by atoms with Crippen LogP contribution in [0.15, 0.2) is 0 Å². The highest BCUT2D eigenvalue weighted by Crippen LogP contribution is 2.53. The predicted molar refractivity (Wildman–Crippen MR) is 67.0 cm³/mol. The van der Waals surface area contributed by atoms with Crippen LogP contribution in [0.25, 0.3) is 0 Å². The van der Waals surface area contributed by atoms with Gasteiger partial charge < -0.3 is 14.6 Å². The fourth-order valence-corrected chi connectivity index (χ4v) is 3.39. The summed E-state index contributed by atoms with van der Waals surface area (Å²) < 4.78 is 11.4. The Hall–Kier alpha value is -0.120. The van der Waals surface area contributed by atoms with Crippen molar-refractivity contribution in [3.63, 3.8) is 0 Å². The summed E-state index contributed by atoms with van der Waals surface area (Å²) in [4.78, 5) is 0. The zero-order valence-corrected chi connectivity index (χ0v) is 11.2. The van der Waals surface area contributed by atoms with Gasteiger partial charge in [-0.3, -0.25) is 0 Å². The number of rotatable bonds is 5. The molecular formula is C14H26O3. The van der Waals surface area contributed by atoms with Gasteiger partial charge in [-0.15, -0.1) is 0 Å². The first-order valence-corrected chi connectivity index (χ1v) is 7.10. The summed E-state index contributed by atoms with van der Waals surface area (Å²) in [5.41, 5.74) is 0.0821. The molecule has 0 amide bonds. The van der Waals surface area contributed by atoms with E-state index in [9.17, 15) is 5.11 Å². The number of hydrogen-bond donors (Lipinski definition) is 1. The van der Waals surface area contributed by atoms with Gasteiger partial charge in [0.25, 0.3) is 0 Å². The van der Waals surface area contributed by atoms with Crippen LogP contribution in [0, 0.1) is 5.41 Å². The smallest absolute Gasteiger partial charge is 0.0784 e. The molecule has 3 heteroatoms. The molecule has 0 saturated heterocycles. The van der Waals surface area contributed by atoms with Gasteiger partial charge in [0.1, 0.15) is 0 Å². The molecule has 3 unspecified atom stereocenters. The Morgan fingerprint density at radius 2 is 2.00 bits per heavy atom. The molecule has 3 nitrogen and oxygen atoms in total. The normalized spacial score (nSPS) is 33.4. The third-order valence-electron chi connectivity index (χ3n) is 4.48. The van der Waals surface area contributed by atoms with E-state index < -0.39 is 0 Å². The van der Waals surface area contributed by atoms with Crippen LogP contribution in [0.5, 0.6) is 0 Å². The van der Waals surface area contributed by atoms with Crippen LogP contribution in [-0.4, -0.2) is 36.6 Å². The van der Waals surface area contributed by atoms with Gasteiger partial charge in [0.15, 0.2) is 0 Å². The van der Waals surface area contributed by atoms with Crippen molar-refractivity contribution in [1.29, 1.82) is 0 Å². The van der Waals surface area contributed by atoms with Crippen LogP contribution in [0.2, 0.25) is 0 Å². The number of aliphatic hydroxyl groups excluding tert-OH is 1. The molecule has 2 aliphatic rings. The summed E-state index contributed by atoms with van der Waals surface area (Å²) in [5.74, 6) is 0. The average Bonchev–Trinajstić information content (AvgIpc) is 2.37. The maximum Gasteiger partial charge on any atom is 0.0784 e. The second-order valence-corrected chi connectivity index (χ2v) is 5.64. The van der Waals surface area contributed by atoms with Crippen LogP contribution in [0.4, 0.5) is 0 Å². The molecule has 0 aromatic carbocycles. The van der Waals surface area contributed by atoms with E-state index in [1.807, 2.05) is 6.92 Å². The van der Waals surface area contributed by atoms with E-state index in [0.717, 1.165) is 25.9 Å². The maximum atomic E-state index is 10.1. The molecule has 3 atom stereocenters. The summed E-state index contributed by atoms with van der Waals surface area (Å²) in [5, 5.41) is 10.1. The second kappa shape index (κ2) is 5.68. The van der Waals surface area contributed by atoms with Crippen LogP contribution in [-0.2, 0) is 9.47 Å². The predicted octanol–water partition coefficient (Wildman–Crippen LogP) is 2.51. The van der Waals surface area contributed by atoms with Crippen molar-refractivity contribution in [2.45, 2.75) is 70.7 Å². The lowest BCUT2D eigenvalue weighted by Crippen LogP contribution is -2.59. The third-order valence-corrected chi connectivity index (χ3v) is 4.48. The zero-order chi connectivity index (χ0) is 12.3. The van der Waals surface area contributed by atoms with Crippen LogP contribution < -0.4 is 0 Å². The fraction of sp³-hybridized carbons (Fsp3) is 1.00. The molecule has 17 heavy (non-hydrogen) atoms. The second-order valence-electron chi connectivity index (χ2n) is 5.64. The minimum Gasteiger partial charge on any atom is -0.392 e. The number of hydrogen-bond acceptors (Lipinski definition) is 3. The summed E-state index contributed by atoms with van der Waals surface area (Å²) in [6, 6.07) is 0. The highest BCUT2D eigenvalue weighted by molar-refractivity contribution is 5.05. The molecule has 1 spiro atoms. The molecule has 2 rings (SSSR count). The summed E-state index contributed by atoms with van der Waals surface area (Å²) in [6.07, 6.45) is 7.17. The molecule has 2 aliphatic carbocycles. The number of aliphatic hydroxyl groups is 1. The Bertz CT molecular complexity index is 236. The van der Waals surface area contributed by atoms with Crippen molar-refractivity contribution in [3.05, 3.63) is 0 Å². The van der Waals surface area contributed by atoms with Crippen molar-refractivity contribution >= 4 is 0 Å². The molecule has 0 aromatic rings. The fourth-order valence-electron chi connectivity index (χ4n) is 3.39. The molecule has 0 radical (unpaired) electrons. The summed E-state index contributed by atoms with van der Waals surface area (Å²) >= 11 is 0. The lowest BCUT2D eigenvalue weighted by atomic mass is 9.56. The summed E-state index contributed by atoms with van der Waals surface area (Å²) in [6.45, 7) is 5.48. The molecule has 2 fully saturated rings. The van der Waals surface area contributed by atoms with E-state index >= 15 is 0 Å². The summed E-state index contributed by atoms with van der Waals surface area (Å²) in [7, 11) is 0. The van der Waals surface area contributed by atoms with E-state index in [1.54, 1.807) is 0 Å². The molecule has 0 bridgehead atoms. The Morgan fingerprint density at radius 3 is 2.59 bits per heavy atom. The van der Waals surface area contributed by atoms with Gasteiger partial charge in [0.2, 0.25) is 0 Å². The first kappa shape index (κ1) is 13.3. The highest BCUT2D eigenvalue weighted by atomic mass is 16.5. The zero-order valence-electron chi connectivity index (χ0n) is 11.2. The van der Waals surface area contributed by atoms with E-state index in [2.05, 4.69) is 6.92 Å². The van der Waals surface area contributed by atoms with Crippen LogP contribution >= 0.6 is 0 Å². The Labute approximate surface area is 104 Å². The van der Waals surface area contributed by atoms with Crippen molar-refractivity contribution in [3.8, 4) is 0 Å². The van der Waals surface area contributed by atoms with E-state index in [1.165, 1.54) is 19.3 Å². The van der Waals surface area contributed by atoms with Gasteiger partial charge in [0.05, 0.1) is 24.9 Å². The SMILES string of the molecule is CCOCC(C)OC1CC(O)C12CCCCC2. The molecule has 100 valence electrons. The lowest BCUT2D eigenvalue weighted by Gasteiger charge is -2.56. The van der Waals surface area contributed by atoms with Gasteiger partial charge in [-0.05, 0) is 26.7 Å². The van der Waals surface area contributed by atoms with Crippen molar-refractivity contribution in [1.82, 2.24) is 0 Å². The molecule has 0 aliphatic heterocycles. The molecule has 1 N–H and O–H groups in total. The van der Waals surface area contributed by atoms with Gasteiger partial charge in [0, 0.05) is 18.4 Å². The standard InChI is InChI=1S/C14H26O3/c1-3-16-10-11(2)17-13-9-12(15)14(13)7-5-4-6-8-14/h11-13,15H,3-10H2,1-2H3.